The lowest BCUT2D eigenvalue weighted by molar-refractivity contribution is -0.119. The Kier molecular flexibility index (Phi) is 8.05. The topological polar surface area (TPSA) is 42.0 Å². The number of methoxy groups -OCH3 is 1. The highest BCUT2D eigenvalue weighted by Gasteiger charge is 2.25. The highest BCUT2D eigenvalue weighted by Crippen LogP contribution is 2.37. The van der Waals surface area contributed by atoms with Gasteiger partial charge >= 0.3 is 0 Å². The van der Waals surface area contributed by atoms with Crippen LogP contribution in [0.1, 0.15) is 32.8 Å². The van der Waals surface area contributed by atoms with E-state index < -0.39 is 0 Å². The van der Waals surface area contributed by atoms with Gasteiger partial charge in [0.2, 0.25) is 5.91 Å². The molecule has 0 aliphatic carbocycles. The molecular weight excluding hydrogens is 396 g/mol. The van der Waals surface area contributed by atoms with Gasteiger partial charge in [-0.25, -0.2) is 0 Å². The quantitative estimate of drug-likeness (QED) is 0.602. The van der Waals surface area contributed by atoms with E-state index in [1.54, 1.807) is 7.11 Å². The molecule has 0 N–H and O–H groups in total. The lowest BCUT2D eigenvalue weighted by atomic mass is 10.1. The van der Waals surface area contributed by atoms with Crippen LogP contribution in [0.2, 0.25) is 0 Å². The Labute approximate surface area is 184 Å². The zero-order valence-corrected chi connectivity index (χ0v) is 19.2. The molecule has 3 rings (SSSR count). The molecule has 0 fully saturated rings. The molecule has 0 spiro atoms. The van der Waals surface area contributed by atoms with Crippen molar-refractivity contribution in [3.8, 4) is 11.5 Å². The first-order valence-electron chi connectivity index (χ1n) is 10.6. The number of fused-ring (bicyclic) bond motifs is 1. The minimum Gasteiger partial charge on any atom is -0.493 e. The van der Waals surface area contributed by atoms with E-state index in [4.69, 9.17) is 9.47 Å². The van der Waals surface area contributed by atoms with Crippen molar-refractivity contribution < 1.29 is 14.3 Å². The number of nitrogens with zero attached hydrogens (tertiary/aromatic N) is 2. The second kappa shape index (κ2) is 10.7. The number of ether oxygens (including phenoxy) is 2. The second-order valence-corrected chi connectivity index (χ2v) is 8.93. The van der Waals surface area contributed by atoms with E-state index in [-0.39, 0.29) is 5.91 Å². The average Bonchev–Trinajstić information content (AvgIpc) is 2.92. The smallest absolute Gasteiger partial charge is 0.241 e. The molecular formula is C24H32N2O3S. The van der Waals surface area contributed by atoms with Gasteiger partial charge in [0.15, 0.2) is 11.5 Å². The van der Waals surface area contributed by atoms with Gasteiger partial charge in [0, 0.05) is 23.2 Å². The van der Waals surface area contributed by atoms with Crippen LogP contribution in [0.3, 0.4) is 0 Å². The van der Waals surface area contributed by atoms with Crippen molar-refractivity contribution in [3.05, 3.63) is 48.0 Å². The molecule has 2 aromatic carbocycles. The van der Waals surface area contributed by atoms with Crippen molar-refractivity contribution in [1.29, 1.82) is 0 Å². The van der Waals surface area contributed by atoms with E-state index in [9.17, 15) is 4.79 Å². The number of para-hydroxylation sites is 1. The highest BCUT2D eigenvalue weighted by atomic mass is 32.2. The van der Waals surface area contributed by atoms with Gasteiger partial charge in [-0.3, -0.25) is 9.69 Å². The van der Waals surface area contributed by atoms with Crippen LogP contribution in [0, 0.1) is 0 Å². The second-order valence-electron chi connectivity index (χ2n) is 7.45. The van der Waals surface area contributed by atoms with Crippen LogP contribution >= 0.6 is 11.8 Å². The molecule has 0 saturated heterocycles. The number of carbonyl (C=O) groups is 1. The van der Waals surface area contributed by atoms with E-state index in [2.05, 4.69) is 30.9 Å². The van der Waals surface area contributed by atoms with Gasteiger partial charge < -0.3 is 14.4 Å². The number of anilines is 1. The van der Waals surface area contributed by atoms with Crippen molar-refractivity contribution in [1.82, 2.24) is 4.90 Å². The number of hydrogen-bond donors (Lipinski definition) is 0. The first-order chi connectivity index (χ1) is 14.5. The van der Waals surface area contributed by atoms with Crippen LogP contribution in [-0.2, 0) is 11.3 Å². The Balaban J connectivity index is 1.72. The normalized spacial score (nSPS) is 16.2. The summed E-state index contributed by atoms with van der Waals surface area (Å²) in [5.41, 5.74) is 2.14. The van der Waals surface area contributed by atoms with Gasteiger partial charge in [-0.05, 0) is 49.7 Å². The van der Waals surface area contributed by atoms with Gasteiger partial charge in [0.1, 0.15) is 0 Å². The van der Waals surface area contributed by atoms with Crippen molar-refractivity contribution >= 4 is 23.4 Å². The van der Waals surface area contributed by atoms with E-state index >= 15 is 0 Å². The summed E-state index contributed by atoms with van der Waals surface area (Å²) >= 11 is 1.86. The number of likely N-dealkylation sites (N-methyl/N-ethyl adjacent to an activating group) is 1. The Morgan fingerprint density at radius 3 is 2.73 bits per heavy atom. The zero-order valence-electron chi connectivity index (χ0n) is 18.4. The molecule has 0 aromatic heterocycles. The minimum atomic E-state index is 0.150. The number of benzene rings is 2. The van der Waals surface area contributed by atoms with Gasteiger partial charge in [-0.1, -0.05) is 32.0 Å². The molecule has 162 valence electrons. The van der Waals surface area contributed by atoms with Gasteiger partial charge in [0.25, 0.3) is 0 Å². The van der Waals surface area contributed by atoms with Crippen LogP contribution in [0.5, 0.6) is 11.5 Å². The fourth-order valence-corrected chi connectivity index (χ4v) is 4.76. The maximum absolute atomic E-state index is 13.3. The minimum absolute atomic E-state index is 0.150. The van der Waals surface area contributed by atoms with Gasteiger partial charge in [-0.2, -0.15) is 0 Å². The summed E-state index contributed by atoms with van der Waals surface area (Å²) in [6.45, 7) is 9.50. The summed E-state index contributed by atoms with van der Waals surface area (Å²) in [6, 6.07) is 14.2. The van der Waals surface area contributed by atoms with E-state index in [0.29, 0.717) is 24.9 Å². The lowest BCUT2D eigenvalue weighted by Gasteiger charge is -2.27. The van der Waals surface area contributed by atoms with Crippen LogP contribution in [0.4, 0.5) is 5.69 Å². The first kappa shape index (κ1) is 22.5. The molecule has 0 saturated carbocycles. The zero-order chi connectivity index (χ0) is 21.5. The summed E-state index contributed by atoms with van der Waals surface area (Å²) in [4.78, 5) is 18.6. The molecule has 0 radical (unpaired) electrons. The van der Waals surface area contributed by atoms with Crippen molar-refractivity contribution in [2.45, 2.75) is 43.9 Å². The molecule has 1 heterocycles. The van der Waals surface area contributed by atoms with Crippen molar-refractivity contribution in [2.24, 2.45) is 0 Å². The molecule has 1 unspecified atom stereocenters. The number of carbonyl (C=O) groups excluding carboxylic acids is 1. The predicted octanol–water partition coefficient (Wildman–Crippen LogP) is 4.83. The Morgan fingerprint density at radius 1 is 1.20 bits per heavy atom. The van der Waals surface area contributed by atoms with E-state index in [0.717, 1.165) is 42.3 Å². The summed E-state index contributed by atoms with van der Waals surface area (Å²) in [5.74, 6) is 1.62. The van der Waals surface area contributed by atoms with Gasteiger partial charge in [0.05, 0.1) is 25.9 Å². The molecule has 6 heteroatoms. The molecule has 1 aliphatic heterocycles. The number of hydrogen-bond acceptors (Lipinski definition) is 5. The van der Waals surface area contributed by atoms with Crippen molar-refractivity contribution in [3.63, 3.8) is 0 Å². The number of thioether (sulfide) groups is 1. The standard InChI is InChI=1S/C24H32N2O3S/c1-5-25(16-19-11-12-21(29-6-2)22(15-19)28-4)17-24(27)26-14-13-18(3)30-23-10-8-7-9-20(23)26/h7-12,15,18H,5-6,13-14,16-17H2,1-4H3. The Hall–Kier alpha value is -2.18. The third kappa shape index (κ3) is 5.49. The number of amides is 1. The first-order valence-corrected chi connectivity index (χ1v) is 11.5. The fraction of sp³-hybridized carbons (Fsp3) is 0.458. The Morgan fingerprint density at radius 2 is 2.00 bits per heavy atom. The predicted molar refractivity (Wildman–Crippen MR) is 124 cm³/mol. The summed E-state index contributed by atoms with van der Waals surface area (Å²) in [5, 5.41) is 0.502. The number of rotatable bonds is 8. The SMILES string of the molecule is CCOc1ccc(CN(CC)CC(=O)N2CCC(C)Sc3ccccc32)cc1OC. The summed E-state index contributed by atoms with van der Waals surface area (Å²) in [7, 11) is 1.65. The third-order valence-electron chi connectivity index (χ3n) is 5.28. The molecule has 1 amide bonds. The van der Waals surface area contributed by atoms with Crippen LogP contribution < -0.4 is 14.4 Å². The van der Waals surface area contributed by atoms with E-state index in [1.807, 2.05) is 53.9 Å². The maximum Gasteiger partial charge on any atom is 0.241 e. The Bertz CT molecular complexity index is 858. The highest BCUT2D eigenvalue weighted by molar-refractivity contribution is 8.00. The summed E-state index contributed by atoms with van der Waals surface area (Å²) < 4.78 is 11.1. The fourth-order valence-electron chi connectivity index (χ4n) is 3.65. The third-order valence-corrected chi connectivity index (χ3v) is 6.52. The summed E-state index contributed by atoms with van der Waals surface area (Å²) in [6.07, 6.45) is 0.993. The molecule has 5 nitrogen and oxygen atoms in total. The van der Waals surface area contributed by atoms with Crippen molar-refractivity contribution in [2.75, 3.05) is 38.3 Å². The maximum atomic E-state index is 13.3. The average molecular weight is 429 g/mol. The van der Waals surface area contributed by atoms with Gasteiger partial charge in [-0.15, -0.1) is 11.8 Å². The van der Waals surface area contributed by atoms with E-state index in [1.165, 1.54) is 4.90 Å². The lowest BCUT2D eigenvalue weighted by Crippen LogP contribution is -2.41. The molecule has 1 atom stereocenters. The van der Waals surface area contributed by atoms with Crippen LogP contribution in [0.15, 0.2) is 47.4 Å². The largest absolute Gasteiger partial charge is 0.493 e. The monoisotopic (exact) mass is 428 g/mol. The molecule has 30 heavy (non-hydrogen) atoms. The van der Waals surface area contributed by atoms with Crippen LogP contribution in [0.25, 0.3) is 0 Å². The van der Waals surface area contributed by atoms with Crippen LogP contribution in [-0.4, -0.2) is 49.4 Å². The molecule has 1 aliphatic rings. The molecule has 0 bridgehead atoms. The molecule has 2 aromatic rings.